The van der Waals surface area contributed by atoms with Crippen molar-refractivity contribution < 1.29 is 9.21 Å². The largest absolute Gasteiger partial charge is 0.445 e. The maximum absolute atomic E-state index is 11.9. The summed E-state index contributed by atoms with van der Waals surface area (Å²) >= 11 is 11.8. The third-order valence-corrected chi connectivity index (χ3v) is 4.32. The normalized spacial score (nSPS) is 11.4. The number of carbonyl (C=O) groups is 1. The van der Waals surface area contributed by atoms with E-state index in [1.807, 2.05) is 6.92 Å². The lowest BCUT2D eigenvalue weighted by Gasteiger charge is -2.12. The lowest BCUT2D eigenvalue weighted by Crippen LogP contribution is -2.29. The Balaban J connectivity index is 1.78. The Hall–Kier alpha value is -1.72. The van der Waals surface area contributed by atoms with E-state index in [2.05, 4.69) is 36.4 Å². The molecule has 1 heterocycles. The predicted octanol–water partition coefficient (Wildman–Crippen LogP) is 5.34. The van der Waals surface area contributed by atoms with Crippen molar-refractivity contribution in [1.29, 1.82) is 0 Å². The Bertz CT molecular complexity index is 751. The second kappa shape index (κ2) is 8.11. The molecule has 1 aromatic heterocycles. The summed E-state index contributed by atoms with van der Waals surface area (Å²) in [4.78, 5) is 16.4. The number of hydrogen-bond acceptors (Lipinski definition) is 3. The van der Waals surface area contributed by atoms with Gasteiger partial charge in [0.15, 0.2) is 5.89 Å². The van der Waals surface area contributed by atoms with Gasteiger partial charge in [-0.15, -0.1) is 0 Å². The van der Waals surface area contributed by atoms with E-state index in [1.54, 1.807) is 18.2 Å². The zero-order valence-electron chi connectivity index (χ0n) is 14.9. The zero-order chi connectivity index (χ0) is 18.6. The summed E-state index contributed by atoms with van der Waals surface area (Å²) in [5.74, 6) is 1.61. The number of oxazole rings is 1. The molecule has 0 fully saturated rings. The molecule has 25 heavy (non-hydrogen) atoms. The summed E-state index contributed by atoms with van der Waals surface area (Å²) in [5.41, 5.74) is 1.39. The van der Waals surface area contributed by atoms with E-state index in [0.29, 0.717) is 22.3 Å². The maximum Gasteiger partial charge on any atom is 0.319 e. The average Bonchev–Trinajstić information content (AvgIpc) is 2.89. The molecule has 0 atom stereocenters. The summed E-state index contributed by atoms with van der Waals surface area (Å²) in [6, 6.07) is 4.65. The first-order chi connectivity index (χ1) is 11.7. The van der Waals surface area contributed by atoms with Crippen molar-refractivity contribution in [3.05, 3.63) is 45.6 Å². The lowest BCUT2D eigenvalue weighted by molar-refractivity contribution is 0.252. The molecule has 7 heteroatoms. The van der Waals surface area contributed by atoms with Crippen molar-refractivity contribution in [2.24, 2.45) is 0 Å². The van der Waals surface area contributed by atoms with Crippen LogP contribution < -0.4 is 10.6 Å². The molecular formula is C18H23Cl2N3O2. The van der Waals surface area contributed by atoms with Gasteiger partial charge in [-0.2, -0.15) is 0 Å². The van der Waals surface area contributed by atoms with Crippen molar-refractivity contribution in [1.82, 2.24) is 10.3 Å². The fraction of sp³-hybridized carbons (Fsp3) is 0.444. The van der Waals surface area contributed by atoms with Crippen LogP contribution in [0.25, 0.3) is 0 Å². The Kier molecular flexibility index (Phi) is 6.36. The van der Waals surface area contributed by atoms with Crippen LogP contribution in [0.4, 0.5) is 10.5 Å². The van der Waals surface area contributed by atoms with Gasteiger partial charge in [0.2, 0.25) is 0 Å². The van der Waals surface area contributed by atoms with Gasteiger partial charge in [-0.05, 0) is 31.5 Å². The number of aryl methyl sites for hydroxylation is 2. The highest BCUT2D eigenvalue weighted by Gasteiger charge is 2.22. The summed E-state index contributed by atoms with van der Waals surface area (Å²) in [6.45, 7) is 8.67. The molecule has 0 radical (unpaired) electrons. The highest BCUT2D eigenvalue weighted by Crippen LogP contribution is 2.25. The third kappa shape index (κ3) is 5.65. The van der Waals surface area contributed by atoms with Crippen LogP contribution in [0.5, 0.6) is 0 Å². The first-order valence-electron chi connectivity index (χ1n) is 8.13. The van der Waals surface area contributed by atoms with Crippen molar-refractivity contribution in [3.8, 4) is 0 Å². The van der Waals surface area contributed by atoms with E-state index < -0.39 is 0 Å². The van der Waals surface area contributed by atoms with E-state index >= 15 is 0 Å². The number of nitrogens with one attached hydrogen (secondary N) is 2. The van der Waals surface area contributed by atoms with Gasteiger partial charge >= 0.3 is 6.03 Å². The zero-order valence-corrected chi connectivity index (χ0v) is 16.4. The Morgan fingerprint density at radius 1 is 1.24 bits per heavy atom. The Labute approximate surface area is 158 Å². The number of aromatic nitrogens is 1. The second-order valence-corrected chi connectivity index (χ2v) is 7.71. The Morgan fingerprint density at radius 2 is 1.96 bits per heavy atom. The number of hydrogen-bond donors (Lipinski definition) is 2. The van der Waals surface area contributed by atoms with Crippen LogP contribution in [0.3, 0.4) is 0 Å². The molecule has 2 aromatic rings. The van der Waals surface area contributed by atoms with Crippen LogP contribution in [0.1, 0.15) is 44.5 Å². The fourth-order valence-corrected chi connectivity index (χ4v) is 2.48. The SMILES string of the molecule is Cc1nc(C(C)(C)C)oc1CCCNC(=O)Nc1ccc(Cl)c(Cl)c1. The highest BCUT2D eigenvalue weighted by atomic mass is 35.5. The summed E-state index contributed by atoms with van der Waals surface area (Å²) < 4.78 is 5.84. The molecule has 136 valence electrons. The van der Waals surface area contributed by atoms with E-state index in [9.17, 15) is 4.79 Å². The van der Waals surface area contributed by atoms with Crippen LogP contribution in [-0.4, -0.2) is 17.6 Å². The second-order valence-electron chi connectivity index (χ2n) is 6.89. The molecule has 5 nitrogen and oxygen atoms in total. The smallest absolute Gasteiger partial charge is 0.319 e. The third-order valence-electron chi connectivity index (χ3n) is 3.58. The van der Waals surface area contributed by atoms with Crippen LogP contribution in [0.2, 0.25) is 10.0 Å². The molecule has 0 aliphatic carbocycles. The molecule has 1 aromatic carbocycles. The fourth-order valence-electron chi connectivity index (χ4n) is 2.18. The number of halogens is 2. The van der Waals surface area contributed by atoms with Crippen molar-refractivity contribution in [2.75, 3.05) is 11.9 Å². The molecule has 2 N–H and O–H groups in total. The van der Waals surface area contributed by atoms with Crippen LogP contribution in [-0.2, 0) is 11.8 Å². The van der Waals surface area contributed by atoms with Crippen molar-refractivity contribution in [2.45, 2.75) is 46.0 Å². The van der Waals surface area contributed by atoms with Gasteiger partial charge in [0, 0.05) is 24.1 Å². The van der Waals surface area contributed by atoms with E-state index in [1.165, 1.54) is 0 Å². The van der Waals surface area contributed by atoms with Gasteiger partial charge in [0.25, 0.3) is 0 Å². The minimum Gasteiger partial charge on any atom is -0.445 e. The lowest BCUT2D eigenvalue weighted by atomic mass is 9.97. The topological polar surface area (TPSA) is 67.2 Å². The van der Waals surface area contributed by atoms with Crippen LogP contribution in [0.15, 0.2) is 22.6 Å². The van der Waals surface area contributed by atoms with E-state index in [-0.39, 0.29) is 11.4 Å². The van der Waals surface area contributed by atoms with Crippen LogP contribution >= 0.6 is 23.2 Å². The first kappa shape index (κ1) is 19.6. The number of rotatable bonds is 5. The minimum absolute atomic E-state index is 0.110. The molecule has 0 spiro atoms. The number of benzene rings is 1. The summed E-state index contributed by atoms with van der Waals surface area (Å²) in [6.07, 6.45) is 1.48. The highest BCUT2D eigenvalue weighted by molar-refractivity contribution is 6.42. The standard InChI is InChI=1S/C18H23Cl2N3O2/c1-11-15(25-16(22-11)18(2,3)4)6-5-9-21-17(24)23-12-7-8-13(19)14(20)10-12/h7-8,10H,5-6,9H2,1-4H3,(H2,21,23,24). The van der Waals surface area contributed by atoms with Gasteiger partial charge in [0.1, 0.15) is 5.76 Å². The molecular weight excluding hydrogens is 361 g/mol. The first-order valence-corrected chi connectivity index (χ1v) is 8.89. The Morgan fingerprint density at radius 3 is 2.56 bits per heavy atom. The van der Waals surface area contributed by atoms with Crippen molar-refractivity contribution in [3.63, 3.8) is 0 Å². The van der Waals surface area contributed by atoms with Gasteiger partial charge in [0.05, 0.1) is 15.7 Å². The minimum atomic E-state index is -0.289. The van der Waals surface area contributed by atoms with E-state index in [4.69, 9.17) is 27.6 Å². The number of carbonyl (C=O) groups excluding carboxylic acids is 1. The monoisotopic (exact) mass is 383 g/mol. The number of amides is 2. The molecule has 0 bridgehead atoms. The molecule has 2 amide bonds. The molecule has 2 rings (SSSR count). The molecule has 0 aliphatic heterocycles. The predicted molar refractivity (Wildman–Crippen MR) is 102 cm³/mol. The molecule has 0 unspecified atom stereocenters. The summed E-state index contributed by atoms with van der Waals surface area (Å²) in [5, 5.41) is 6.37. The molecule has 0 saturated carbocycles. The van der Waals surface area contributed by atoms with Gasteiger partial charge in [-0.25, -0.2) is 9.78 Å². The quantitative estimate of drug-likeness (QED) is 0.684. The van der Waals surface area contributed by atoms with Gasteiger partial charge in [-0.3, -0.25) is 0 Å². The number of anilines is 1. The van der Waals surface area contributed by atoms with Crippen LogP contribution in [0, 0.1) is 6.92 Å². The summed E-state index contributed by atoms with van der Waals surface area (Å²) in [7, 11) is 0. The number of urea groups is 1. The van der Waals surface area contributed by atoms with E-state index in [0.717, 1.165) is 30.2 Å². The molecule has 0 aliphatic rings. The number of nitrogens with zero attached hydrogens (tertiary/aromatic N) is 1. The van der Waals surface area contributed by atoms with Gasteiger partial charge in [-0.1, -0.05) is 44.0 Å². The van der Waals surface area contributed by atoms with Crippen molar-refractivity contribution >= 4 is 34.9 Å². The maximum atomic E-state index is 11.9. The average molecular weight is 384 g/mol. The molecule has 0 saturated heterocycles. The van der Waals surface area contributed by atoms with Gasteiger partial charge < -0.3 is 15.1 Å².